The SMILES string of the molecule is CC1(C)c2ccccc2-c2ccc(N(c3ccc(-c4ccccc4)cc3-c3ccccc3)C3C=CC4=C(C3)C3(c5ccccc54)c4ccccc4-c4ccccc43)cc21. The van der Waals surface area contributed by atoms with Gasteiger partial charge in [-0.3, -0.25) is 0 Å². The highest BCUT2D eigenvalue weighted by Gasteiger charge is 2.53. The highest BCUT2D eigenvalue weighted by molar-refractivity contribution is 5.98. The Morgan fingerprint density at radius 2 is 0.949 bits per heavy atom. The van der Waals surface area contributed by atoms with Gasteiger partial charge in [-0.1, -0.05) is 196 Å². The molecule has 0 heterocycles. The van der Waals surface area contributed by atoms with Crippen molar-refractivity contribution in [3.63, 3.8) is 0 Å². The lowest BCUT2D eigenvalue weighted by molar-refractivity contribution is 0.654. The average molecular weight is 754 g/mol. The number of benzene rings is 8. The molecule has 8 aromatic rings. The monoisotopic (exact) mass is 753 g/mol. The van der Waals surface area contributed by atoms with E-state index in [0.717, 1.165) is 6.42 Å². The maximum absolute atomic E-state index is 2.67. The Bertz CT molecular complexity index is 3010. The maximum Gasteiger partial charge on any atom is 0.0689 e. The molecular formula is C58H43N. The summed E-state index contributed by atoms with van der Waals surface area (Å²) in [5.74, 6) is 0. The van der Waals surface area contributed by atoms with E-state index >= 15 is 0 Å². The van der Waals surface area contributed by atoms with Crippen LogP contribution in [0, 0.1) is 0 Å². The molecule has 1 atom stereocenters. The van der Waals surface area contributed by atoms with Crippen LogP contribution in [-0.4, -0.2) is 6.04 Å². The Morgan fingerprint density at radius 1 is 0.424 bits per heavy atom. The Balaban J connectivity index is 1.09. The Kier molecular flexibility index (Phi) is 7.38. The average Bonchev–Trinajstić information content (AvgIpc) is 3.85. The first-order valence-electron chi connectivity index (χ1n) is 21.0. The molecule has 59 heavy (non-hydrogen) atoms. The van der Waals surface area contributed by atoms with Crippen LogP contribution in [0.1, 0.15) is 53.6 Å². The second kappa shape index (κ2) is 12.8. The highest BCUT2D eigenvalue weighted by Crippen LogP contribution is 2.64. The zero-order chi connectivity index (χ0) is 39.3. The highest BCUT2D eigenvalue weighted by atomic mass is 15.2. The van der Waals surface area contributed by atoms with Crippen LogP contribution in [0.3, 0.4) is 0 Å². The summed E-state index contributed by atoms with van der Waals surface area (Å²) >= 11 is 0. The molecule has 1 spiro atoms. The van der Waals surface area contributed by atoms with Gasteiger partial charge in [0.2, 0.25) is 0 Å². The van der Waals surface area contributed by atoms with Crippen LogP contribution in [0.15, 0.2) is 212 Å². The van der Waals surface area contributed by atoms with Gasteiger partial charge in [0.15, 0.2) is 0 Å². The van der Waals surface area contributed by atoms with Gasteiger partial charge in [-0.2, -0.15) is 0 Å². The molecule has 0 saturated heterocycles. The molecule has 0 aliphatic heterocycles. The van der Waals surface area contributed by atoms with Crippen molar-refractivity contribution in [2.24, 2.45) is 0 Å². The van der Waals surface area contributed by atoms with Crippen LogP contribution < -0.4 is 4.90 Å². The molecule has 0 bridgehead atoms. The lowest BCUT2D eigenvalue weighted by Crippen LogP contribution is -2.36. The van der Waals surface area contributed by atoms with E-state index in [9.17, 15) is 0 Å². The number of allylic oxidation sites excluding steroid dienone is 2. The summed E-state index contributed by atoms with van der Waals surface area (Å²) in [6, 6.07) is 72.7. The molecule has 1 nitrogen and oxygen atoms in total. The van der Waals surface area contributed by atoms with E-state index in [0.29, 0.717) is 0 Å². The fourth-order valence-corrected chi connectivity index (χ4v) is 11.3. The minimum Gasteiger partial charge on any atom is -0.334 e. The van der Waals surface area contributed by atoms with Crippen molar-refractivity contribution in [3.05, 3.63) is 245 Å². The second-order valence-electron chi connectivity index (χ2n) is 17.1. The summed E-state index contributed by atoms with van der Waals surface area (Å²) in [7, 11) is 0. The van der Waals surface area contributed by atoms with Crippen LogP contribution in [0.25, 0.3) is 50.1 Å². The lowest BCUT2D eigenvalue weighted by atomic mass is 9.67. The number of fused-ring (bicyclic) bond motifs is 12. The number of anilines is 2. The van der Waals surface area contributed by atoms with E-state index in [1.165, 1.54) is 100 Å². The summed E-state index contributed by atoms with van der Waals surface area (Å²) in [5.41, 5.74) is 23.4. The molecule has 4 aliphatic carbocycles. The largest absolute Gasteiger partial charge is 0.334 e. The molecule has 8 aromatic carbocycles. The fourth-order valence-electron chi connectivity index (χ4n) is 11.3. The summed E-state index contributed by atoms with van der Waals surface area (Å²) in [4.78, 5) is 2.67. The van der Waals surface area contributed by atoms with Gasteiger partial charge in [-0.05, 0) is 114 Å². The van der Waals surface area contributed by atoms with E-state index in [4.69, 9.17) is 0 Å². The van der Waals surface area contributed by atoms with Gasteiger partial charge in [0.25, 0.3) is 0 Å². The van der Waals surface area contributed by atoms with Gasteiger partial charge in [-0.15, -0.1) is 0 Å². The van der Waals surface area contributed by atoms with Crippen molar-refractivity contribution in [2.75, 3.05) is 4.90 Å². The third kappa shape index (κ3) is 4.79. The molecule has 0 radical (unpaired) electrons. The minimum atomic E-state index is -0.366. The van der Waals surface area contributed by atoms with Crippen LogP contribution >= 0.6 is 0 Å². The van der Waals surface area contributed by atoms with Gasteiger partial charge in [0, 0.05) is 22.4 Å². The lowest BCUT2D eigenvalue weighted by Gasteiger charge is -2.40. The molecule has 1 unspecified atom stereocenters. The van der Waals surface area contributed by atoms with Crippen LogP contribution in [0.5, 0.6) is 0 Å². The Labute approximate surface area is 347 Å². The van der Waals surface area contributed by atoms with E-state index in [1.54, 1.807) is 0 Å². The number of nitrogens with zero attached hydrogens (tertiary/aromatic N) is 1. The van der Waals surface area contributed by atoms with Crippen LogP contribution in [0.4, 0.5) is 11.4 Å². The fraction of sp³-hybridized carbons (Fsp3) is 0.103. The van der Waals surface area contributed by atoms with Crippen molar-refractivity contribution >= 4 is 16.9 Å². The maximum atomic E-state index is 2.67. The first-order chi connectivity index (χ1) is 29.0. The Hall–Kier alpha value is -6.96. The van der Waals surface area contributed by atoms with Gasteiger partial charge >= 0.3 is 0 Å². The first kappa shape index (κ1) is 34.1. The van der Waals surface area contributed by atoms with E-state index in [-0.39, 0.29) is 16.9 Å². The predicted octanol–water partition coefficient (Wildman–Crippen LogP) is 14.6. The van der Waals surface area contributed by atoms with E-state index in [2.05, 4.69) is 225 Å². The molecule has 280 valence electrons. The van der Waals surface area contributed by atoms with Gasteiger partial charge in [-0.25, -0.2) is 0 Å². The Morgan fingerprint density at radius 3 is 1.61 bits per heavy atom. The third-order valence-corrected chi connectivity index (χ3v) is 13.9. The number of hydrogen-bond acceptors (Lipinski definition) is 1. The molecule has 0 amide bonds. The summed E-state index contributed by atoms with van der Waals surface area (Å²) < 4.78 is 0. The molecule has 1 heteroatoms. The predicted molar refractivity (Wildman–Crippen MR) is 246 cm³/mol. The summed E-state index contributed by atoms with van der Waals surface area (Å²) in [6.45, 7) is 4.78. The smallest absolute Gasteiger partial charge is 0.0689 e. The van der Waals surface area contributed by atoms with Crippen molar-refractivity contribution < 1.29 is 0 Å². The van der Waals surface area contributed by atoms with Crippen molar-refractivity contribution in [2.45, 2.75) is 37.1 Å². The van der Waals surface area contributed by atoms with Gasteiger partial charge in [0.1, 0.15) is 0 Å². The second-order valence-corrected chi connectivity index (χ2v) is 17.1. The standard InChI is InChI=1S/C58H43N/c1-57(2)50-25-13-9-21-43(50)47-32-30-41(36-54(47)57)59(56-34-29-40(38-17-5-3-6-18-38)35-49(56)39-19-7-4-8-20-39)42-31-33-48-46-24-12-16-28-53(46)58(55(48)37-42)51-26-14-10-22-44(51)45-23-11-15-27-52(45)58/h3-36,42H,37H2,1-2H3. The molecule has 0 N–H and O–H groups in total. The quantitative estimate of drug-likeness (QED) is 0.169. The normalized spacial score (nSPS) is 16.9. The molecule has 0 saturated carbocycles. The van der Waals surface area contributed by atoms with Crippen molar-refractivity contribution in [1.29, 1.82) is 0 Å². The molecule has 0 fully saturated rings. The van der Waals surface area contributed by atoms with E-state index in [1.807, 2.05) is 0 Å². The summed E-state index contributed by atoms with van der Waals surface area (Å²) in [5, 5.41) is 0. The third-order valence-electron chi connectivity index (χ3n) is 13.9. The molecule has 12 rings (SSSR count). The molecule has 4 aliphatic rings. The molecular weight excluding hydrogens is 711 g/mol. The zero-order valence-electron chi connectivity index (χ0n) is 33.4. The minimum absolute atomic E-state index is 0.0369. The number of hydrogen-bond donors (Lipinski definition) is 0. The topological polar surface area (TPSA) is 3.24 Å². The first-order valence-corrected chi connectivity index (χ1v) is 21.0. The van der Waals surface area contributed by atoms with Gasteiger partial charge in [0.05, 0.1) is 11.5 Å². The van der Waals surface area contributed by atoms with Crippen molar-refractivity contribution in [1.82, 2.24) is 0 Å². The van der Waals surface area contributed by atoms with Crippen LogP contribution in [0.2, 0.25) is 0 Å². The molecule has 0 aromatic heterocycles. The van der Waals surface area contributed by atoms with Gasteiger partial charge < -0.3 is 4.90 Å². The van der Waals surface area contributed by atoms with Crippen LogP contribution in [-0.2, 0) is 10.8 Å². The zero-order valence-corrected chi connectivity index (χ0v) is 33.4. The summed E-state index contributed by atoms with van der Waals surface area (Å²) in [6.07, 6.45) is 5.83. The number of rotatable bonds is 5. The van der Waals surface area contributed by atoms with E-state index < -0.39 is 0 Å². The van der Waals surface area contributed by atoms with Crippen molar-refractivity contribution in [3.8, 4) is 44.5 Å².